The van der Waals surface area contributed by atoms with E-state index in [9.17, 15) is 4.79 Å². The number of fused-ring (bicyclic) bond motifs is 1. The van der Waals surface area contributed by atoms with Crippen LogP contribution in [-0.2, 0) is 11.3 Å². The van der Waals surface area contributed by atoms with Gasteiger partial charge in [0, 0.05) is 50.3 Å². The molecular weight excluding hydrogens is 454 g/mol. The van der Waals surface area contributed by atoms with Crippen molar-refractivity contribution in [2.75, 3.05) is 43.4 Å². The van der Waals surface area contributed by atoms with Crippen LogP contribution in [0.1, 0.15) is 5.56 Å². The second kappa shape index (κ2) is 10.5. The Kier molecular flexibility index (Phi) is 6.81. The molecule has 1 fully saturated rings. The quantitative estimate of drug-likeness (QED) is 0.325. The highest BCUT2D eigenvalue weighted by Gasteiger charge is 2.15. The molecule has 2 aromatic heterocycles. The molecule has 3 heterocycles. The molecule has 5 rings (SSSR count). The highest BCUT2D eigenvalue weighted by molar-refractivity contribution is 5.86. The third kappa shape index (κ3) is 5.47. The van der Waals surface area contributed by atoms with Crippen LogP contribution in [0.2, 0.25) is 0 Å². The number of hydrogen-bond acceptors (Lipinski definition) is 7. The molecule has 1 amide bonds. The summed E-state index contributed by atoms with van der Waals surface area (Å²) >= 11 is 0. The fourth-order valence-corrected chi connectivity index (χ4v) is 4.04. The van der Waals surface area contributed by atoms with Gasteiger partial charge in [-0.3, -0.25) is 4.79 Å². The number of benzene rings is 2. The molecule has 0 bridgehead atoms. The maximum Gasteiger partial charge on any atom is 0.243 e. The number of ether oxygens (including phenoxy) is 1. The number of nitrogens with zero attached hydrogens (tertiary/aromatic N) is 4. The average Bonchev–Trinajstić information content (AvgIpc) is 3.38. The minimum atomic E-state index is -0.208. The molecule has 1 aliphatic rings. The molecule has 0 saturated carbocycles. The summed E-state index contributed by atoms with van der Waals surface area (Å²) in [4.78, 5) is 28.5. The van der Waals surface area contributed by atoms with Crippen molar-refractivity contribution >= 4 is 34.3 Å². The Balaban J connectivity index is 1.29. The SMILES string of the molecule is C=CC(=O)NCc1ccc(Oc2nc(Nc3ccc(N4CCN(C)CC4)cc3)nc3[nH]ccc23)cc1. The molecule has 0 atom stereocenters. The number of carbonyl (C=O) groups excluding carboxylic acids is 1. The predicted molar refractivity (Wildman–Crippen MR) is 142 cm³/mol. The van der Waals surface area contributed by atoms with Gasteiger partial charge in [-0.1, -0.05) is 18.7 Å². The van der Waals surface area contributed by atoms with Gasteiger partial charge in [-0.25, -0.2) is 0 Å². The van der Waals surface area contributed by atoms with Gasteiger partial charge in [-0.05, 0) is 61.2 Å². The Morgan fingerprint density at radius 1 is 1.06 bits per heavy atom. The molecule has 1 aliphatic heterocycles. The highest BCUT2D eigenvalue weighted by atomic mass is 16.5. The first-order valence-corrected chi connectivity index (χ1v) is 11.9. The van der Waals surface area contributed by atoms with Crippen molar-refractivity contribution in [3.63, 3.8) is 0 Å². The highest BCUT2D eigenvalue weighted by Crippen LogP contribution is 2.29. The van der Waals surface area contributed by atoms with Crippen LogP contribution in [0.15, 0.2) is 73.4 Å². The minimum absolute atomic E-state index is 0.208. The van der Waals surface area contributed by atoms with E-state index in [-0.39, 0.29) is 5.91 Å². The number of aromatic nitrogens is 3. The number of H-pyrrole nitrogens is 1. The normalized spacial score (nSPS) is 14.0. The van der Waals surface area contributed by atoms with Crippen LogP contribution in [0.4, 0.5) is 17.3 Å². The zero-order valence-electron chi connectivity index (χ0n) is 20.2. The Labute approximate surface area is 209 Å². The standard InChI is InChI=1S/C27H29N7O2/c1-3-24(35)29-18-19-4-10-22(11-5-19)36-26-23-12-13-28-25(23)31-27(32-26)30-20-6-8-21(9-7-20)34-16-14-33(2)15-17-34/h3-13H,1,14-18H2,2H3,(H,29,35)(H2,28,30,31,32). The van der Waals surface area contributed by atoms with Crippen LogP contribution in [0.25, 0.3) is 11.0 Å². The van der Waals surface area contributed by atoms with Crippen LogP contribution >= 0.6 is 0 Å². The van der Waals surface area contributed by atoms with Gasteiger partial charge in [0.25, 0.3) is 0 Å². The molecule has 184 valence electrons. The van der Waals surface area contributed by atoms with Crippen molar-refractivity contribution < 1.29 is 9.53 Å². The molecule has 3 N–H and O–H groups in total. The molecule has 0 radical (unpaired) electrons. The zero-order valence-corrected chi connectivity index (χ0v) is 20.2. The molecule has 0 aliphatic carbocycles. The number of carbonyl (C=O) groups is 1. The van der Waals surface area contributed by atoms with Crippen LogP contribution in [0.5, 0.6) is 11.6 Å². The number of anilines is 3. The zero-order chi connectivity index (χ0) is 24.9. The molecule has 9 heteroatoms. The molecule has 4 aromatic rings. The third-order valence-corrected chi connectivity index (χ3v) is 6.16. The van der Waals surface area contributed by atoms with Crippen molar-refractivity contribution in [3.8, 4) is 11.6 Å². The molecule has 1 saturated heterocycles. The van der Waals surface area contributed by atoms with Crippen molar-refractivity contribution in [2.45, 2.75) is 6.54 Å². The Morgan fingerprint density at radius 2 is 1.81 bits per heavy atom. The topological polar surface area (TPSA) is 98.4 Å². The molecule has 2 aromatic carbocycles. The summed E-state index contributed by atoms with van der Waals surface area (Å²) in [6, 6.07) is 17.7. The van der Waals surface area contributed by atoms with Gasteiger partial charge in [0.05, 0.1) is 5.39 Å². The van der Waals surface area contributed by atoms with E-state index in [0.29, 0.717) is 29.8 Å². The lowest BCUT2D eigenvalue weighted by molar-refractivity contribution is -0.116. The third-order valence-electron chi connectivity index (χ3n) is 6.16. The van der Waals surface area contributed by atoms with E-state index >= 15 is 0 Å². The van der Waals surface area contributed by atoms with Gasteiger partial charge in [0.2, 0.25) is 17.7 Å². The second-order valence-corrected chi connectivity index (χ2v) is 8.72. The van der Waals surface area contributed by atoms with E-state index in [1.54, 1.807) is 0 Å². The van der Waals surface area contributed by atoms with Crippen molar-refractivity contribution in [3.05, 3.63) is 79.0 Å². The Hall–Kier alpha value is -4.37. The first-order valence-electron chi connectivity index (χ1n) is 11.9. The van der Waals surface area contributed by atoms with Gasteiger partial charge in [-0.2, -0.15) is 9.97 Å². The molecule has 9 nitrogen and oxygen atoms in total. The fraction of sp³-hybridized carbons (Fsp3) is 0.222. The lowest BCUT2D eigenvalue weighted by Gasteiger charge is -2.34. The number of nitrogens with one attached hydrogen (secondary N) is 3. The molecule has 0 spiro atoms. The smallest absolute Gasteiger partial charge is 0.243 e. The van der Waals surface area contributed by atoms with E-state index in [1.807, 2.05) is 48.7 Å². The maximum absolute atomic E-state index is 11.4. The van der Waals surface area contributed by atoms with Crippen molar-refractivity contribution in [1.82, 2.24) is 25.2 Å². The lowest BCUT2D eigenvalue weighted by atomic mass is 10.2. The Bertz CT molecular complexity index is 1340. The van der Waals surface area contributed by atoms with E-state index in [2.05, 4.69) is 61.1 Å². The van der Waals surface area contributed by atoms with E-state index in [0.717, 1.165) is 42.8 Å². The minimum Gasteiger partial charge on any atom is -0.438 e. The van der Waals surface area contributed by atoms with E-state index in [1.165, 1.54) is 11.8 Å². The summed E-state index contributed by atoms with van der Waals surface area (Å²) in [6.07, 6.45) is 3.06. The van der Waals surface area contributed by atoms with Crippen LogP contribution in [0, 0.1) is 0 Å². The monoisotopic (exact) mass is 483 g/mol. The fourth-order valence-electron chi connectivity index (χ4n) is 4.04. The number of likely N-dealkylation sites (N-methyl/N-ethyl adjacent to an activating group) is 1. The van der Waals surface area contributed by atoms with Crippen LogP contribution in [-0.4, -0.2) is 59.0 Å². The largest absolute Gasteiger partial charge is 0.438 e. The summed E-state index contributed by atoms with van der Waals surface area (Å²) in [5.74, 6) is 1.32. The van der Waals surface area contributed by atoms with Gasteiger partial charge < -0.3 is 30.2 Å². The first kappa shape index (κ1) is 23.4. The maximum atomic E-state index is 11.4. The van der Waals surface area contributed by atoms with E-state index < -0.39 is 0 Å². The predicted octanol–water partition coefficient (Wildman–Crippen LogP) is 4.05. The number of amides is 1. The van der Waals surface area contributed by atoms with Gasteiger partial charge in [0.15, 0.2) is 0 Å². The van der Waals surface area contributed by atoms with Crippen molar-refractivity contribution in [2.24, 2.45) is 0 Å². The van der Waals surface area contributed by atoms with E-state index in [4.69, 9.17) is 4.74 Å². The molecule has 36 heavy (non-hydrogen) atoms. The Morgan fingerprint density at radius 3 is 2.53 bits per heavy atom. The summed E-state index contributed by atoms with van der Waals surface area (Å²) in [7, 11) is 2.16. The summed E-state index contributed by atoms with van der Waals surface area (Å²) < 4.78 is 6.11. The summed E-state index contributed by atoms with van der Waals surface area (Å²) in [5, 5.41) is 6.84. The van der Waals surface area contributed by atoms with Crippen LogP contribution < -0.4 is 20.3 Å². The number of hydrogen-bond donors (Lipinski definition) is 3. The second-order valence-electron chi connectivity index (χ2n) is 8.72. The number of piperazine rings is 1. The molecular formula is C27H29N7O2. The van der Waals surface area contributed by atoms with Gasteiger partial charge >= 0.3 is 0 Å². The molecule has 0 unspecified atom stereocenters. The van der Waals surface area contributed by atoms with Crippen molar-refractivity contribution in [1.29, 1.82) is 0 Å². The lowest BCUT2D eigenvalue weighted by Crippen LogP contribution is -2.44. The first-order chi connectivity index (χ1) is 17.6. The average molecular weight is 484 g/mol. The number of aromatic amines is 1. The van der Waals surface area contributed by atoms with Gasteiger partial charge in [-0.15, -0.1) is 0 Å². The summed E-state index contributed by atoms with van der Waals surface area (Å²) in [5.41, 5.74) is 3.75. The number of rotatable bonds is 8. The van der Waals surface area contributed by atoms with Crippen LogP contribution in [0.3, 0.4) is 0 Å². The summed E-state index contributed by atoms with van der Waals surface area (Å²) in [6.45, 7) is 8.08. The van der Waals surface area contributed by atoms with Gasteiger partial charge in [0.1, 0.15) is 11.4 Å².